The molecule has 0 aliphatic carbocycles. The van der Waals surface area contributed by atoms with Gasteiger partial charge in [0.1, 0.15) is 5.60 Å². The standard InChI is InChI=1S/C5H13NO3/c1-4(7)5(2,8)3-6-9/h4,6-9H,3H2,1-2H3. The second-order valence-corrected chi connectivity index (χ2v) is 2.37. The average molecular weight is 135 g/mol. The highest BCUT2D eigenvalue weighted by Gasteiger charge is 2.25. The van der Waals surface area contributed by atoms with Crippen molar-refractivity contribution in [3.63, 3.8) is 0 Å². The van der Waals surface area contributed by atoms with E-state index >= 15 is 0 Å². The average Bonchev–Trinajstić information content (AvgIpc) is 1.65. The molecule has 2 unspecified atom stereocenters. The molecule has 0 aromatic heterocycles. The van der Waals surface area contributed by atoms with Crippen LogP contribution in [0.4, 0.5) is 0 Å². The molecule has 0 rings (SSSR count). The molecule has 0 spiro atoms. The molecular weight excluding hydrogens is 122 g/mol. The summed E-state index contributed by atoms with van der Waals surface area (Å²) < 4.78 is 0. The first-order valence-electron chi connectivity index (χ1n) is 2.78. The van der Waals surface area contributed by atoms with Crippen LogP contribution in [0.5, 0.6) is 0 Å². The Morgan fingerprint density at radius 2 is 2.11 bits per heavy atom. The van der Waals surface area contributed by atoms with Crippen molar-refractivity contribution in [2.75, 3.05) is 6.54 Å². The number of hydrogen-bond donors (Lipinski definition) is 4. The molecule has 4 heteroatoms. The molecule has 0 aliphatic rings. The summed E-state index contributed by atoms with van der Waals surface area (Å²) in [7, 11) is 0. The van der Waals surface area contributed by atoms with E-state index in [9.17, 15) is 0 Å². The van der Waals surface area contributed by atoms with Gasteiger partial charge in [-0.3, -0.25) is 0 Å². The Kier molecular flexibility index (Phi) is 3.07. The van der Waals surface area contributed by atoms with E-state index in [-0.39, 0.29) is 6.54 Å². The highest BCUT2D eigenvalue weighted by Crippen LogP contribution is 2.06. The summed E-state index contributed by atoms with van der Waals surface area (Å²) >= 11 is 0. The Hall–Kier alpha value is -0.160. The lowest BCUT2D eigenvalue weighted by Crippen LogP contribution is -2.45. The summed E-state index contributed by atoms with van der Waals surface area (Å²) in [5.74, 6) is 0. The van der Waals surface area contributed by atoms with Crippen LogP contribution in [-0.2, 0) is 0 Å². The zero-order valence-corrected chi connectivity index (χ0v) is 5.63. The summed E-state index contributed by atoms with van der Waals surface area (Å²) in [4.78, 5) is 0. The molecule has 0 aromatic rings. The third-order valence-electron chi connectivity index (χ3n) is 1.34. The number of rotatable bonds is 3. The lowest BCUT2D eigenvalue weighted by molar-refractivity contribution is -0.0684. The lowest BCUT2D eigenvalue weighted by Gasteiger charge is -2.24. The number of aliphatic hydroxyl groups excluding tert-OH is 1. The minimum atomic E-state index is -1.26. The van der Waals surface area contributed by atoms with Gasteiger partial charge in [0.25, 0.3) is 0 Å². The van der Waals surface area contributed by atoms with Crippen LogP contribution in [0.3, 0.4) is 0 Å². The fraction of sp³-hybridized carbons (Fsp3) is 1.00. The quantitative estimate of drug-likeness (QED) is 0.378. The van der Waals surface area contributed by atoms with Crippen LogP contribution < -0.4 is 5.48 Å². The second-order valence-electron chi connectivity index (χ2n) is 2.37. The van der Waals surface area contributed by atoms with E-state index < -0.39 is 11.7 Å². The van der Waals surface area contributed by atoms with Crippen LogP contribution in [-0.4, -0.2) is 33.7 Å². The molecule has 0 aromatic carbocycles. The van der Waals surface area contributed by atoms with Gasteiger partial charge in [-0.05, 0) is 13.8 Å². The van der Waals surface area contributed by atoms with Gasteiger partial charge >= 0.3 is 0 Å². The minimum absolute atomic E-state index is 0.0370. The highest BCUT2D eigenvalue weighted by molar-refractivity contribution is 4.78. The molecule has 0 fully saturated rings. The molecule has 0 aliphatic heterocycles. The van der Waals surface area contributed by atoms with Gasteiger partial charge in [0.15, 0.2) is 0 Å². The van der Waals surface area contributed by atoms with Crippen molar-refractivity contribution in [1.29, 1.82) is 0 Å². The summed E-state index contributed by atoms with van der Waals surface area (Å²) in [6.45, 7) is 2.85. The summed E-state index contributed by atoms with van der Waals surface area (Å²) in [6, 6.07) is 0. The third-order valence-corrected chi connectivity index (χ3v) is 1.34. The maximum atomic E-state index is 9.12. The van der Waals surface area contributed by atoms with Crippen molar-refractivity contribution in [1.82, 2.24) is 5.48 Å². The van der Waals surface area contributed by atoms with Gasteiger partial charge in [0.05, 0.1) is 12.6 Å². The van der Waals surface area contributed by atoms with Crippen molar-refractivity contribution >= 4 is 0 Å². The van der Waals surface area contributed by atoms with Gasteiger partial charge in [0, 0.05) is 0 Å². The molecule has 0 heterocycles. The van der Waals surface area contributed by atoms with Crippen LogP contribution in [0.15, 0.2) is 0 Å². The number of hydrogen-bond acceptors (Lipinski definition) is 4. The molecule has 4 N–H and O–H groups in total. The number of aliphatic hydroxyl groups is 2. The van der Waals surface area contributed by atoms with E-state index in [4.69, 9.17) is 15.4 Å². The highest BCUT2D eigenvalue weighted by atomic mass is 16.5. The van der Waals surface area contributed by atoms with E-state index in [0.29, 0.717) is 0 Å². The van der Waals surface area contributed by atoms with Gasteiger partial charge in [-0.1, -0.05) is 0 Å². The zero-order chi connectivity index (χ0) is 7.49. The Labute approximate surface area is 54.1 Å². The van der Waals surface area contributed by atoms with Crippen molar-refractivity contribution < 1.29 is 15.4 Å². The van der Waals surface area contributed by atoms with E-state index in [1.807, 2.05) is 0 Å². The minimum Gasteiger partial charge on any atom is -0.390 e. The lowest BCUT2D eigenvalue weighted by atomic mass is 10.0. The predicted octanol–water partition coefficient (Wildman–Crippen LogP) is -0.903. The fourth-order valence-electron chi connectivity index (χ4n) is 0.308. The van der Waals surface area contributed by atoms with E-state index in [1.165, 1.54) is 13.8 Å². The molecule has 0 saturated carbocycles. The maximum absolute atomic E-state index is 9.12. The molecule has 56 valence electrons. The van der Waals surface area contributed by atoms with Gasteiger partial charge in [-0.15, -0.1) is 0 Å². The Morgan fingerprint density at radius 1 is 1.67 bits per heavy atom. The predicted molar refractivity (Wildman–Crippen MR) is 32.1 cm³/mol. The second kappa shape index (κ2) is 3.12. The number of hydroxylamine groups is 1. The van der Waals surface area contributed by atoms with Crippen molar-refractivity contribution in [2.24, 2.45) is 0 Å². The van der Waals surface area contributed by atoms with Gasteiger partial charge in [-0.2, -0.15) is 0 Å². The van der Waals surface area contributed by atoms with Crippen LogP contribution in [0.1, 0.15) is 13.8 Å². The monoisotopic (exact) mass is 135 g/mol. The molecule has 0 radical (unpaired) electrons. The first-order valence-corrected chi connectivity index (χ1v) is 2.78. The zero-order valence-electron chi connectivity index (χ0n) is 5.63. The maximum Gasteiger partial charge on any atom is 0.102 e. The van der Waals surface area contributed by atoms with Crippen molar-refractivity contribution in [2.45, 2.75) is 25.6 Å². The first kappa shape index (κ1) is 8.84. The Morgan fingerprint density at radius 3 is 2.22 bits per heavy atom. The van der Waals surface area contributed by atoms with Crippen LogP contribution in [0.2, 0.25) is 0 Å². The molecule has 0 bridgehead atoms. The Balaban J connectivity index is 3.70. The normalized spacial score (nSPS) is 21.0. The van der Waals surface area contributed by atoms with E-state index in [0.717, 1.165) is 0 Å². The largest absolute Gasteiger partial charge is 0.390 e. The fourth-order valence-corrected chi connectivity index (χ4v) is 0.308. The smallest absolute Gasteiger partial charge is 0.102 e. The molecule has 9 heavy (non-hydrogen) atoms. The SMILES string of the molecule is CC(O)C(C)(O)CNO. The van der Waals surface area contributed by atoms with E-state index in [2.05, 4.69) is 0 Å². The van der Waals surface area contributed by atoms with Gasteiger partial charge in [-0.25, -0.2) is 5.48 Å². The summed E-state index contributed by atoms with van der Waals surface area (Å²) in [6.07, 6.45) is -0.850. The van der Waals surface area contributed by atoms with E-state index in [1.54, 1.807) is 5.48 Å². The van der Waals surface area contributed by atoms with Gasteiger partial charge < -0.3 is 15.4 Å². The number of nitrogens with one attached hydrogen (secondary N) is 1. The molecule has 4 nitrogen and oxygen atoms in total. The third kappa shape index (κ3) is 2.76. The summed E-state index contributed by atoms with van der Waals surface area (Å²) in [5.41, 5.74) is 0.524. The van der Waals surface area contributed by atoms with Gasteiger partial charge in [0.2, 0.25) is 0 Å². The van der Waals surface area contributed by atoms with Crippen LogP contribution in [0, 0.1) is 0 Å². The van der Waals surface area contributed by atoms with Crippen molar-refractivity contribution in [3.8, 4) is 0 Å². The summed E-state index contributed by atoms with van der Waals surface area (Å²) in [5, 5.41) is 26.1. The molecule has 2 atom stereocenters. The molecule has 0 saturated heterocycles. The Bertz CT molecular complexity index is 82.3. The molecular formula is C5H13NO3. The van der Waals surface area contributed by atoms with Crippen LogP contribution in [0.25, 0.3) is 0 Å². The van der Waals surface area contributed by atoms with Crippen LogP contribution >= 0.6 is 0 Å². The topological polar surface area (TPSA) is 72.7 Å². The molecule has 0 amide bonds. The first-order chi connectivity index (χ1) is 4.00. The van der Waals surface area contributed by atoms with Crippen molar-refractivity contribution in [3.05, 3.63) is 0 Å².